The van der Waals surface area contributed by atoms with E-state index in [0.717, 1.165) is 15.6 Å². The number of benzene rings is 1. The minimum absolute atomic E-state index is 0.0112. The van der Waals surface area contributed by atoms with Crippen molar-refractivity contribution in [3.63, 3.8) is 0 Å². The molecule has 0 spiro atoms. The molecule has 22 heavy (non-hydrogen) atoms. The third-order valence-corrected chi connectivity index (χ3v) is 6.91. The van der Waals surface area contributed by atoms with Gasteiger partial charge in [0.25, 0.3) is 5.91 Å². The molecule has 3 rings (SSSR count). The van der Waals surface area contributed by atoms with Crippen molar-refractivity contribution >= 4 is 37.2 Å². The van der Waals surface area contributed by atoms with Crippen molar-refractivity contribution in [2.24, 2.45) is 0 Å². The molecule has 0 unspecified atom stereocenters. The van der Waals surface area contributed by atoms with E-state index >= 15 is 0 Å². The number of aryl methyl sites for hydroxylation is 1. The van der Waals surface area contributed by atoms with Crippen LogP contribution in [0.5, 0.6) is 0 Å². The van der Waals surface area contributed by atoms with Crippen LogP contribution in [0.1, 0.15) is 21.7 Å². The Kier molecular flexibility index (Phi) is 3.94. The lowest BCUT2D eigenvalue weighted by atomic mass is 10.1. The van der Waals surface area contributed by atoms with E-state index in [0.29, 0.717) is 17.8 Å². The van der Waals surface area contributed by atoms with E-state index in [9.17, 15) is 17.6 Å². The molecule has 1 fully saturated rings. The zero-order valence-electron chi connectivity index (χ0n) is 12.1. The third-order valence-electron chi connectivity index (χ3n) is 3.94. The summed E-state index contributed by atoms with van der Waals surface area (Å²) in [5, 5.41) is 0.746. The number of carbonyl (C=O) groups is 1. The maximum absolute atomic E-state index is 13.4. The highest BCUT2D eigenvalue weighted by molar-refractivity contribution is 7.91. The highest BCUT2D eigenvalue weighted by atomic mass is 32.2. The zero-order valence-corrected chi connectivity index (χ0v) is 13.8. The Balaban J connectivity index is 1.93. The van der Waals surface area contributed by atoms with Gasteiger partial charge in [0.05, 0.1) is 16.4 Å². The van der Waals surface area contributed by atoms with Crippen molar-refractivity contribution in [1.82, 2.24) is 4.90 Å². The predicted molar refractivity (Wildman–Crippen MR) is 85.7 cm³/mol. The van der Waals surface area contributed by atoms with Gasteiger partial charge in [-0.2, -0.15) is 0 Å². The molecule has 0 saturated carbocycles. The molecule has 1 aromatic heterocycles. The molecule has 7 heteroatoms. The number of rotatable bonds is 1. The summed E-state index contributed by atoms with van der Waals surface area (Å²) in [6, 6.07) is 4.49. The van der Waals surface area contributed by atoms with Crippen molar-refractivity contribution in [3.8, 4) is 0 Å². The van der Waals surface area contributed by atoms with Crippen LogP contribution in [0.3, 0.4) is 0 Å². The Bertz CT molecular complexity index is 842. The fraction of sp³-hybridized carbons (Fsp3) is 0.400. The van der Waals surface area contributed by atoms with E-state index < -0.39 is 9.84 Å². The molecular weight excluding hydrogens is 325 g/mol. The molecule has 0 radical (unpaired) electrons. The largest absolute Gasteiger partial charge is 0.337 e. The lowest BCUT2D eigenvalue weighted by molar-refractivity contribution is 0.0773. The quantitative estimate of drug-likeness (QED) is 0.801. The third kappa shape index (κ3) is 2.87. The molecular formula is C15H16FNO3S2. The summed E-state index contributed by atoms with van der Waals surface area (Å²) in [6.07, 6.45) is 0.465. The Morgan fingerprint density at radius 1 is 1.27 bits per heavy atom. The number of amides is 1. The van der Waals surface area contributed by atoms with Gasteiger partial charge in [0.1, 0.15) is 5.82 Å². The summed E-state index contributed by atoms with van der Waals surface area (Å²) in [7, 11) is -3.05. The van der Waals surface area contributed by atoms with Gasteiger partial charge in [-0.15, -0.1) is 11.3 Å². The minimum atomic E-state index is -3.05. The fourth-order valence-corrected chi connectivity index (χ4v) is 5.11. The maximum atomic E-state index is 13.4. The van der Waals surface area contributed by atoms with Gasteiger partial charge < -0.3 is 4.90 Å². The maximum Gasteiger partial charge on any atom is 0.264 e. The second-order valence-corrected chi connectivity index (χ2v) is 8.85. The SMILES string of the molecule is Cc1c(C(=O)N2CCCS(=O)(=O)CC2)sc2ccc(F)cc12. The van der Waals surface area contributed by atoms with Crippen LogP contribution in [-0.4, -0.2) is 43.8 Å². The van der Waals surface area contributed by atoms with Crippen molar-refractivity contribution in [2.75, 3.05) is 24.6 Å². The van der Waals surface area contributed by atoms with Crippen LogP contribution in [0.25, 0.3) is 10.1 Å². The highest BCUT2D eigenvalue weighted by Gasteiger charge is 2.26. The summed E-state index contributed by atoms with van der Waals surface area (Å²) in [6.45, 7) is 2.48. The monoisotopic (exact) mass is 341 g/mol. The van der Waals surface area contributed by atoms with Gasteiger partial charge in [0.15, 0.2) is 9.84 Å². The van der Waals surface area contributed by atoms with Crippen LogP contribution in [0.15, 0.2) is 18.2 Å². The summed E-state index contributed by atoms with van der Waals surface area (Å²) in [4.78, 5) is 14.9. The molecule has 1 saturated heterocycles. The van der Waals surface area contributed by atoms with E-state index in [-0.39, 0.29) is 29.8 Å². The lowest BCUT2D eigenvalue weighted by Crippen LogP contribution is -2.33. The smallest absolute Gasteiger partial charge is 0.264 e. The summed E-state index contributed by atoms with van der Waals surface area (Å²) in [5.41, 5.74) is 0.761. The first-order valence-corrected chi connectivity index (χ1v) is 9.69. The number of hydrogen-bond donors (Lipinski definition) is 0. The van der Waals surface area contributed by atoms with Gasteiger partial charge in [0, 0.05) is 17.8 Å². The number of sulfone groups is 1. The Hall–Kier alpha value is -1.47. The first kappa shape index (κ1) is 15.4. The van der Waals surface area contributed by atoms with Crippen LogP contribution in [-0.2, 0) is 9.84 Å². The molecule has 1 aromatic carbocycles. The van der Waals surface area contributed by atoms with E-state index in [1.807, 2.05) is 0 Å². The molecule has 1 aliphatic heterocycles. The molecule has 0 bridgehead atoms. The Morgan fingerprint density at radius 3 is 2.82 bits per heavy atom. The topological polar surface area (TPSA) is 54.5 Å². The van der Waals surface area contributed by atoms with Crippen molar-refractivity contribution < 1.29 is 17.6 Å². The molecule has 0 aliphatic carbocycles. The van der Waals surface area contributed by atoms with Gasteiger partial charge in [0.2, 0.25) is 0 Å². The Labute approximate surface area is 132 Å². The second kappa shape index (κ2) is 5.62. The zero-order chi connectivity index (χ0) is 15.9. The molecule has 0 N–H and O–H groups in total. The number of halogens is 1. The first-order chi connectivity index (χ1) is 10.4. The summed E-state index contributed by atoms with van der Waals surface area (Å²) < 4.78 is 37.5. The summed E-state index contributed by atoms with van der Waals surface area (Å²) >= 11 is 1.33. The normalized spacial score (nSPS) is 18.4. The Morgan fingerprint density at radius 2 is 2.05 bits per heavy atom. The molecule has 1 aliphatic rings. The van der Waals surface area contributed by atoms with Gasteiger partial charge in [-0.05, 0) is 42.5 Å². The van der Waals surface area contributed by atoms with Gasteiger partial charge >= 0.3 is 0 Å². The average molecular weight is 341 g/mol. The van der Waals surface area contributed by atoms with Crippen LogP contribution in [0.4, 0.5) is 4.39 Å². The van der Waals surface area contributed by atoms with E-state index in [2.05, 4.69) is 0 Å². The number of carbonyl (C=O) groups excluding carboxylic acids is 1. The molecule has 2 heterocycles. The van der Waals surface area contributed by atoms with Crippen LogP contribution in [0, 0.1) is 12.7 Å². The average Bonchev–Trinajstić information content (AvgIpc) is 2.66. The predicted octanol–water partition coefficient (Wildman–Crippen LogP) is 2.61. The lowest BCUT2D eigenvalue weighted by Gasteiger charge is -2.19. The number of hydrogen-bond acceptors (Lipinski definition) is 4. The number of nitrogens with zero attached hydrogens (tertiary/aromatic N) is 1. The first-order valence-electron chi connectivity index (χ1n) is 7.06. The van der Waals surface area contributed by atoms with Crippen LogP contribution >= 0.6 is 11.3 Å². The molecule has 118 valence electrons. The highest BCUT2D eigenvalue weighted by Crippen LogP contribution is 2.32. The van der Waals surface area contributed by atoms with Gasteiger partial charge in [-0.1, -0.05) is 0 Å². The number of fused-ring (bicyclic) bond motifs is 1. The second-order valence-electron chi connectivity index (χ2n) is 5.49. The van der Waals surface area contributed by atoms with Crippen LogP contribution in [0.2, 0.25) is 0 Å². The molecule has 0 atom stereocenters. The van der Waals surface area contributed by atoms with Gasteiger partial charge in [-0.3, -0.25) is 4.79 Å². The van der Waals surface area contributed by atoms with Gasteiger partial charge in [-0.25, -0.2) is 12.8 Å². The minimum Gasteiger partial charge on any atom is -0.337 e. The summed E-state index contributed by atoms with van der Waals surface area (Å²) in [5.74, 6) is -0.338. The van der Waals surface area contributed by atoms with E-state index in [1.165, 1.54) is 23.5 Å². The van der Waals surface area contributed by atoms with Crippen molar-refractivity contribution in [2.45, 2.75) is 13.3 Å². The molecule has 1 amide bonds. The van der Waals surface area contributed by atoms with E-state index in [1.54, 1.807) is 17.9 Å². The van der Waals surface area contributed by atoms with Crippen molar-refractivity contribution in [3.05, 3.63) is 34.5 Å². The fourth-order valence-electron chi connectivity index (χ4n) is 2.68. The standard InChI is InChI=1S/C15H16FNO3S2/c1-10-12-9-11(16)3-4-13(12)21-14(10)15(18)17-5-2-7-22(19,20)8-6-17/h3-4,9H,2,5-8H2,1H3. The van der Waals surface area contributed by atoms with Crippen LogP contribution < -0.4 is 0 Å². The molecule has 2 aromatic rings. The van der Waals surface area contributed by atoms with Crippen molar-refractivity contribution in [1.29, 1.82) is 0 Å². The molecule has 4 nitrogen and oxygen atoms in total. The van der Waals surface area contributed by atoms with E-state index in [4.69, 9.17) is 0 Å². The number of thiophene rings is 1.